The molecule has 1 aromatic heterocycles. The molecule has 7 heteroatoms. The summed E-state index contributed by atoms with van der Waals surface area (Å²) < 4.78 is 13.6. The van der Waals surface area contributed by atoms with Crippen LogP contribution in [0.15, 0.2) is 51.7 Å². The average Bonchev–Trinajstić information content (AvgIpc) is 3.23. The zero-order valence-corrected chi connectivity index (χ0v) is 19.3. The summed E-state index contributed by atoms with van der Waals surface area (Å²) >= 11 is 3.77. The molecular weight excluding hydrogens is 458 g/mol. The lowest BCUT2D eigenvalue weighted by Crippen LogP contribution is -2.16. The third-order valence-electron chi connectivity index (χ3n) is 5.42. The van der Waals surface area contributed by atoms with Gasteiger partial charge in [0, 0.05) is 33.3 Å². The number of aryl methyl sites for hydroxylation is 2. The van der Waals surface area contributed by atoms with Gasteiger partial charge in [0.05, 0.1) is 31.4 Å². The Morgan fingerprint density at radius 2 is 1.97 bits per heavy atom. The normalized spacial score (nSPS) is 11.2. The van der Waals surface area contributed by atoms with Gasteiger partial charge in [0.1, 0.15) is 5.82 Å². The summed E-state index contributed by atoms with van der Waals surface area (Å²) in [7, 11) is 0. The Bertz CT molecular complexity index is 1220. The van der Waals surface area contributed by atoms with Gasteiger partial charge in [0.15, 0.2) is 5.69 Å². The standard InChI is InChI=1S/C24H24BrN3O3/c1-4-20-27-14(3)23(24(29)31-5-2)28(20)12-17-15-10-11-30-13-18(15)22(25)21(17)16-8-6-7-9-19(16)26/h6-11,13H,4-5,12,26H2,1-3H3. The van der Waals surface area contributed by atoms with Gasteiger partial charge in [-0.1, -0.05) is 25.1 Å². The topological polar surface area (TPSA) is 83.3 Å². The second-order valence-corrected chi connectivity index (χ2v) is 8.05. The first-order chi connectivity index (χ1) is 15.0. The lowest BCUT2D eigenvalue weighted by atomic mass is 10.0. The van der Waals surface area contributed by atoms with Crippen molar-refractivity contribution in [3.8, 4) is 22.3 Å². The third-order valence-corrected chi connectivity index (χ3v) is 6.25. The molecule has 0 fully saturated rings. The van der Waals surface area contributed by atoms with Gasteiger partial charge in [-0.2, -0.15) is 0 Å². The molecule has 1 aliphatic carbocycles. The van der Waals surface area contributed by atoms with Gasteiger partial charge in [-0.25, -0.2) is 9.78 Å². The van der Waals surface area contributed by atoms with Crippen molar-refractivity contribution in [2.24, 2.45) is 0 Å². The van der Waals surface area contributed by atoms with E-state index in [0.717, 1.165) is 38.1 Å². The number of aromatic nitrogens is 2. The van der Waals surface area contributed by atoms with Crippen molar-refractivity contribution in [2.75, 3.05) is 12.3 Å². The first kappa shape index (κ1) is 21.2. The van der Waals surface area contributed by atoms with Crippen LogP contribution in [0.5, 0.6) is 0 Å². The first-order valence-electron chi connectivity index (χ1n) is 10.2. The Morgan fingerprint density at radius 1 is 1.19 bits per heavy atom. The highest BCUT2D eigenvalue weighted by atomic mass is 79.9. The summed E-state index contributed by atoms with van der Waals surface area (Å²) in [5.41, 5.74) is 13.1. The van der Waals surface area contributed by atoms with Crippen LogP contribution >= 0.6 is 15.9 Å². The van der Waals surface area contributed by atoms with E-state index in [1.807, 2.05) is 48.7 Å². The highest BCUT2D eigenvalue weighted by Gasteiger charge is 2.28. The summed E-state index contributed by atoms with van der Waals surface area (Å²) in [5, 5.41) is 0. The lowest BCUT2D eigenvalue weighted by molar-refractivity contribution is 0.0513. The van der Waals surface area contributed by atoms with Gasteiger partial charge in [0.2, 0.25) is 0 Å². The Kier molecular flexibility index (Phi) is 5.87. The number of imidazole rings is 1. The van der Waals surface area contributed by atoms with E-state index in [1.165, 1.54) is 0 Å². The molecule has 2 N–H and O–H groups in total. The smallest absolute Gasteiger partial charge is 0.356 e. The van der Waals surface area contributed by atoms with Gasteiger partial charge in [-0.05, 0) is 53.0 Å². The number of rotatable bonds is 6. The number of carbonyl (C=O) groups is 1. The molecule has 0 spiro atoms. The van der Waals surface area contributed by atoms with Crippen molar-refractivity contribution >= 4 is 27.6 Å². The van der Waals surface area contributed by atoms with E-state index in [-0.39, 0.29) is 5.97 Å². The molecule has 0 saturated carbocycles. The Hall–Kier alpha value is -3.06. The summed E-state index contributed by atoms with van der Waals surface area (Å²) in [5.74, 6) is 0.469. The molecule has 6 nitrogen and oxygen atoms in total. The minimum Gasteiger partial charge on any atom is -0.472 e. The lowest BCUT2D eigenvalue weighted by Gasteiger charge is -2.15. The number of hydrogen-bond acceptors (Lipinski definition) is 5. The van der Waals surface area contributed by atoms with E-state index in [4.69, 9.17) is 14.9 Å². The number of nitrogens with two attached hydrogens (primary N) is 1. The van der Waals surface area contributed by atoms with E-state index < -0.39 is 0 Å². The van der Waals surface area contributed by atoms with Crippen molar-refractivity contribution in [1.82, 2.24) is 9.55 Å². The van der Waals surface area contributed by atoms with Crippen LogP contribution in [-0.2, 0) is 17.7 Å². The van der Waals surface area contributed by atoms with Crippen LogP contribution in [-0.4, -0.2) is 22.1 Å². The third kappa shape index (κ3) is 3.63. The molecule has 2 heterocycles. The maximum atomic E-state index is 12.8. The highest BCUT2D eigenvalue weighted by Crippen LogP contribution is 2.47. The van der Waals surface area contributed by atoms with Crippen LogP contribution in [0.1, 0.15) is 41.4 Å². The van der Waals surface area contributed by atoms with Crippen LogP contribution in [0.2, 0.25) is 0 Å². The van der Waals surface area contributed by atoms with E-state index in [2.05, 4.69) is 20.9 Å². The monoisotopic (exact) mass is 481 g/mol. The van der Waals surface area contributed by atoms with Crippen LogP contribution in [0.3, 0.4) is 0 Å². The first-order valence-corrected chi connectivity index (χ1v) is 11.0. The molecule has 0 amide bonds. The Labute approximate surface area is 189 Å². The van der Waals surface area contributed by atoms with Crippen LogP contribution in [0, 0.1) is 6.92 Å². The van der Waals surface area contributed by atoms with Crippen molar-refractivity contribution < 1.29 is 13.9 Å². The predicted molar refractivity (Wildman–Crippen MR) is 124 cm³/mol. The van der Waals surface area contributed by atoms with Crippen molar-refractivity contribution in [2.45, 2.75) is 33.7 Å². The van der Waals surface area contributed by atoms with E-state index in [1.54, 1.807) is 19.5 Å². The summed E-state index contributed by atoms with van der Waals surface area (Å²) in [4.78, 5) is 17.4. The van der Waals surface area contributed by atoms with Gasteiger partial charge < -0.3 is 19.5 Å². The van der Waals surface area contributed by atoms with Crippen molar-refractivity contribution in [3.63, 3.8) is 0 Å². The number of nitrogen functional groups attached to an aromatic ring is 1. The number of fused-ring (bicyclic) bond motifs is 1. The van der Waals surface area contributed by atoms with Crippen molar-refractivity contribution in [1.29, 1.82) is 0 Å². The minimum atomic E-state index is -0.363. The quantitative estimate of drug-likeness (QED) is 0.282. The van der Waals surface area contributed by atoms with E-state index in [0.29, 0.717) is 36.6 Å². The molecule has 31 heavy (non-hydrogen) atoms. The molecule has 2 aromatic rings. The minimum absolute atomic E-state index is 0.309. The maximum Gasteiger partial charge on any atom is 0.356 e. The van der Waals surface area contributed by atoms with Gasteiger partial charge in [-0.15, -0.1) is 0 Å². The number of nitrogens with zero attached hydrogens (tertiary/aromatic N) is 2. The Balaban J connectivity index is 1.96. The number of anilines is 1. The fourth-order valence-corrected chi connectivity index (χ4v) is 4.82. The van der Waals surface area contributed by atoms with Crippen LogP contribution in [0.25, 0.3) is 22.3 Å². The summed E-state index contributed by atoms with van der Waals surface area (Å²) in [6, 6.07) is 9.71. The molecule has 0 saturated heterocycles. The van der Waals surface area contributed by atoms with Crippen LogP contribution < -0.4 is 5.73 Å². The summed E-state index contributed by atoms with van der Waals surface area (Å²) in [6.07, 6.45) is 4.07. The summed E-state index contributed by atoms with van der Waals surface area (Å²) in [6.45, 7) is 6.43. The number of para-hydroxylation sites is 1. The fraction of sp³-hybridized carbons (Fsp3) is 0.250. The fourth-order valence-electron chi connectivity index (χ4n) is 4.06. The molecule has 4 rings (SSSR count). The number of esters is 1. The molecule has 0 unspecified atom stereocenters. The number of carbonyl (C=O) groups excluding carboxylic acids is 1. The van der Waals surface area contributed by atoms with Gasteiger partial charge in [-0.3, -0.25) is 0 Å². The van der Waals surface area contributed by atoms with E-state index >= 15 is 0 Å². The molecule has 0 bridgehead atoms. The zero-order chi connectivity index (χ0) is 22.1. The second kappa shape index (κ2) is 8.59. The maximum absolute atomic E-state index is 12.8. The van der Waals surface area contributed by atoms with Crippen LogP contribution in [0.4, 0.5) is 5.69 Å². The van der Waals surface area contributed by atoms with Crippen molar-refractivity contribution in [3.05, 3.63) is 70.1 Å². The molecular formula is C24H24BrN3O3. The number of halogens is 1. The number of ether oxygens (including phenoxy) is 1. The average molecular weight is 482 g/mol. The predicted octanol–water partition coefficient (Wildman–Crippen LogP) is 5.69. The molecule has 2 aliphatic rings. The van der Waals surface area contributed by atoms with Gasteiger partial charge in [0.25, 0.3) is 0 Å². The molecule has 0 atom stereocenters. The number of hydrogen-bond donors (Lipinski definition) is 1. The highest BCUT2D eigenvalue weighted by molar-refractivity contribution is 9.10. The second-order valence-electron chi connectivity index (χ2n) is 7.26. The zero-order valence-electron chi connectivity index (χ0n) is 17.7. The SMILES string of the molecule is CCOC(=O)c1c(C)nc(CC)n1Cc1c2ccocc-2c(Br)c1-c1ccccc1N. The largest absolute Gasteiger partial charge is 0.472 e. The molecule has 160 valence electrons. The van der Waals surface area contributed by atoms with Gasteiger partial charge >= 0.3 is 5.97 Å². The molecule has 0 radical (unpaired) electrons. The van der Waals surface area contributed by atoms with E-state index in [9.17, 15) is 4.79 Å². The molecule has 1 aromatic carbocycles. The Morgan fingerprint density at radius 3 is 2.68 bits per heavy atom. The molecule has 1 aliphatic heterocycles. The number of benzene rings is 1.